The molecule has 1 amide bonds. The Bertz CT molecular complexity index is 1020. The molecule has 1 aromatic carbocycles. The van der Waals surface area contributed by atoms with Crippen molar-refractivity contribution in [3.05, 3.63) is 95.6 Å². The second-order valence-electron chi connectivity index (χ2n) is 7.77. The summed E-state index contributed by atoms with van der Waals surface area (Å²) in [5.74, 6) is -1.81. The maximum absolute atomic E-state index is 14.2. The number of halogens is 2. The van der Waals surface area contributed by atoms with Gasteiger partial charge in [0.2, 0.25) is 0 Å². The molecule has 160 valence electrons. The molecular weight excluding hydrogens is 398 g/mol. The molecule has 2 atom stereocenters. The molecule has 5 nitrogen and oxygen atoms in total. The van der Waals surface area contributed by atoms with E-state index in [0.717, 1.165) is 31.1 Å². The largest absolute Gasteiger partial charge is 0.342 e. The second kappa shape index (κ2) is 9.75. The fourth-order valence-electron chi connectivity index (χ4n) is 4.12. The number of rotatable bonds is 6. The van der Waals surface area contributed by atoms with E-state index in [1.54, 1.807) is 36.7 Å². The van der Waals surface area contributed by atoms with Crippen LogP contribution in [0.1, 0.15) is 40.6 Å². The minimum absolute atomic E-state index is 0.0768. The van der Waals surface area contributed by atoms with Gasteiger partial charge < -0.3 is 5.32 Å². The highest BCUT2D eigenvalue weighted by Crippen LogP contribution is 2.30. The summed E-state index contributed by atoms with van der Waals surface area (Å²) in [6.07, 6.45) is 5.08. The molecule has 1 aliphatic rings. The van der Waals surface area contributed by atoms with Crippen LogP contribution in [-0.4, -0.2) is 33.9 Å². The number of likely N-dealkylation sites (tertiary alicyclic amines) is 1. The topological polar surface area (TPSA) is 58.1 Å². The standard InChI is InChI=1S/C24H24F2N4O/c25-19-9-5-7-17(22(19)26)15-30-14-6-8-18(16-30)23(20-10-1-3-12-27-20)29-24(31)21-11-2-4-13-28-21/h1-5,7,9-13,18,23H,6,8,14-16H2,(H,29,31)/t18-,23-/m0/s1. The van der Waals surface area contributed by atoms with Crippen LogP contribution in [0.4, 0.5) is 8.78 Å². The number of hydrogen-bond acceptors (Lipinski definition) is 4. The van der Waals surface area contributed by atoms with E-state index in [1.165, 1.54) is 6.07 Å². The summed E-state index contributed by atoms with van der Waals surface area (Å²) in [5.41, 5.74) is 1.46. The van der Waals surface area contributed by atoms with E-state index in [2.05, 4.69) is 20.2 Å². The van der Waals surface area contributed by atoms with Crippen molar-refractivity contribution in [2.75, 3.05) is 13.1 Å². The van der Waals surface area contributed by atoms with E-state index >= 15 is 0 Å². The molecule has 0 bridgehead atoms. The van der Waals surface area contributed by atoms with Gasteiger partial charge in [0.1, 0.15) is 5.69 Å². The lowest BCUT2D eigenvalue weighted by molar-refractivity contribution is 0.0869. The maximum Gasteiger partial charge on any atom is 0.270 e. The number of benzene rings is 1. The number of hydrogen-bond donors (Lipinski definition) is 1. The van der Waals surface area contributed by atoms with Gasteiger partial charge in [-0.15, -0.1) is 0 Å². The number of nitrogens with zero attached hydrogens (tertiary/aromatic N) is 3. The molecule has 0 spiro atoms. The average molecular weight is 422 g/mol. The summed E-state index contributed by atoms with van der Waals surface area (Å²) in [6, 6.07) is 14.8. The van der Waals surface area contributed by atoms with Gasteiger partial charge in [-0.2, -0.15) is 0 Å². The Morgan fingerprint density at radius 1 is 1.06 bits per heavy atom. The number of carbonyl (C=O) groups excluding carboxylic acids is 1. The second-order valence-corrected chi connectivity index (χ2v) is 7.77. The molecule has 3 heterocycles. The number of amides is 1. The third-order valence-corrected chi connectivity index (χ3v) is 5.63. The Balaban J connectivity index is 1.53. The molecule has 7 heteroatoms. The first-order valence-corrected chi connectivity index (χ1v) is 10.4. The van der Waals surface area contributed by atoms with Crippen molar-refractivity contribution in [2.45, 2.75) is 25.4 Å². The van der Waals surface area contributed by atoms with Gasteiger partial charge in [-0.3, -0.25) is 19.7 Å². The first-order valence-electron chi connectivity index (χ1n) is 10.4. The van der Waals surface area contributed by atoms with Crippen LogP contribution >= 0.6 is 0 Å². The normalized spacial score (nSPS) is 17.8. The van der Waals surface area contributed by atoms with Gasteiger partial charge in [0.25, 0.3) is 5.91 Å². The highest BCUT2D eigenvalue weighted by atomic mass is 19.2. The average Bonchev–Trinajstić information content (AvgIpc) is 2.81. The van der Waals surface area contributed by atoms with Gasteiger partial charge >= 0.3 is 0 Å². The van der Waals surface area contributed by atoms with Gasteiger partial charge in [-0.25, -0.2) is 8.78 Å². The summed E-state index contributed by atoms with van der Waals surface area (Å²) in [6.45, 7) is 1.75. The molecule has 0 aliphatic carbocycles. The SMILES string of the molecule is O=C(N[C@H](c1ccccn1)[C@H]1CCCN(Cc2cccc(F)c2F)C1)c1ccccn1. The molecule has 3 aromatic rings. The predicted molar refractivity (Wildman–Crippen MR) is 113 cm³/mol. The summed E-state index contributed by atoms with van der Waals surface area (Å²) >= 11 is 0. The summed E-state index contributed by atoms with van der Waals surface area (Å²) in [7, 11) is 0. The Morgan fingerprint density at radius 3 is 2.61 bits per heavy atom. The number of aromatic nitrogens is 2. The molecule has 0 unspecified atom stereocenters. The first kappa shape index (κ1) is 21.1. The molecule has 1 aliphatic heterocycles. The highest BCUT2D eigenvalue weighted by molar-refractivity contribution is 5.92. The fraction of sp³-hybridized carbons (Fsp3) is 0.292. The minimum atomic E-state index is -0.833. The van der Waals surface area contributed by atoms with E-state index in [4.69, 9.17) is 0 Å². The lowest BCUT2D eigenvalue weighted by Crippen LogP contribution is -2.43. The fourth-order valence-corrected chi connectivity index (χ4v) is 4.12. The Morgan fingerprint density at radius 2 is 1.87 bits per heavy atom. The van der Waals surface area contributed by atoms with Gasteiger partial charge in [0.05, 0.1) is 11.7 Å². The number of piperidine rings is 1. The van der Waals surface area contributed by atoms with Gasteiger partial charge in [0, 0.05) is 31.0 Å². The van der Waals surface area contributed by atoms with Crippen LogP contribution in [0.3, 0.4) is 0 Å². The van der Waals surface area contributed by atoms with E-state index in [9.17, 15) is 13.6 Å². The third-order valence-electron chi connectivity index (χ3n) is 5.63. The molecule has 1 fully saturated rings. The van der Waals surface area contributed by atoms with Crippen molar-refractivity contribution in [2.24, 2.45) is 5.92 Å². The lowest BCUT2D eigenvalue weighted by atomic mass is 9.88. The number of pyridine rings is 2. The zero-order valence-electron chi connectivity index (χ0n) is 17.0. The number of carbonyl (C=O) groups is 1. The molecule has 4 rings (SSSR count). The van der Waals surface area contributed by atoms with Crippen LogP contribution < -0.4 is 5.32 Å². The van der Waals surface area contributed by atoms with E-state index in [0.29, 0.717) is 24.3 Å². The van der Waals surface area contributed by atoms with Crippen LogP contribution in [0.25, 0.3) is 0 Å². The van der Waals surface area contributed by atoms with Crippen molar-refractivity contribution >= 4 is 5.91 Å². The molecule has 1 N–H and O–H groups in total. The van der Waals surface area contributed by atoms with E-state index < -0.39 is 11.6 Å². The van der Waals surface area contributed by atoms with Crippen molar-refractivity contribution < 1.29 is 13.6 Å². The predicted octanol–water partition coefficient (Wildman–Crippen LogP) is 4.14. The van der Waals surface area contributed by atoms with Crippen LogP contribution in [-0.2, 0) is 6.54 Å². The molecule has 31 heavy (non-hydrogen) atoms. The Hall–Kier alpha value is -3.19. The van der Waals surface area contributed by atoms with Gasteiger partial charge in [0.15, 0.2) is 11.6 Å². The van der Waals surface area contributed by atoms with Crippen LogP contribution in [0.5, 0.6) is 0 Å². The minimum Gasteiger partial charge on any atom is -0.342 e. The molecule has 0 saturated carbocycles. The monoisotopic (exact) mass is 422 g/mol. The summed E-state index contributed by atoms with van der Waals surface area (Å²) in [5, 5.41) is 3.10. The smallest absolute Gasteiger partial charge is 0.270 e. The van der Waals surface area contributed by atoms with E-state index in [-0.39, 0.29) is 17.9 Å². The maximum atomic E-state index is 14.2. The molecular formula is C24H24F2N4O. The first-order chi connectivity index (χ1) is 15.1. The third kappa shape index (κ3) is 5.11. The Labute approximate surface area is 180 Å². The van der Waals surface area contributed by atoms with Gasteiger partial charge in [-0.1, -0.05) is 24.3 Å². The van der Waals surface area contributed by atoms with Crippen molar-refractivity contribution in [3.8, 4) is 0 Å². The van der Waals surface area contributed by atoms with Crippen molar-refractivity contribution in [1.82, 2.24) is 20.2 Å². The van der Waals surface area contributed by atoms with Crippen molar-refractivity contribution in [1.29, 1.82) is 0 Å². The van der Waals surface area contributed by atoms with Crippen LogP contribution in [0.15, 0.2) is 67.0 Å². The van der Waals surface area contributed by atoms with Crippen LogP contribution in [0.2, 0.25) is 0 Å². The Kier molecular flexibility index (Phi) is 6.62. The molecule has 2 aromatic heterocycles. The van der Waals surface area contributed by atoms with E-state index in [1.807, 2.05) is 18.2 Å². The zero-order valence-corrected chi connectivity index (χ0v) is 17.0. The highest BCUT2D eigenvalue weighted by Gasteiger charge is 2.31. The van der Waals surface area contributed by atoms with Crippen LogP contribution in [0, 0.1) is 17.6 Å². The van der Waals surface area contributed by atoms with Crippen molar-refractivity contribution in [3.63, 3.8) is 0 Å². The van der Waals surface area contributed by atoms with Gasteiger partial charge in [-0.05, 0) is 55.6 Å². The summed E-state index contributed by atoms with van der Waals surface area (Å²) in [4.78, 5) is 23.5. The zero-order chi connectivity index (χ0) is 21.6. The molecule has 1 saturated heterocycles. The summed E-state index contributed by atoms with van der Waals surface area (Å²) < 4.78 is 27.8. The quantitative estimate of drug-likeness (QED) is 0.649. The lowest BCUT2D eigenvalue weighted by Gasteiger charge is -2.37. The number of nitrogens with one attached hydrogen (secondary N) is 1. The molecule has 0 radical (unpaired) electrons.